The summed E-state index contributed by atoms with van der Waals surface area (Å²) < 4.78 is 0. The van der Waals surface area contributed by atoms with Crippen LogP contribution < -0.4 is 5.73 Å². The summed E-state index contributed by atoms with van der Waals surface area (Å²) in [5.41, 5.74) is 6.55. The number of likely N-dealkylation sites (N-methyl/N-ethyl adjacent to an activating group) is 1. The van der Waals surface area contributed by atoms with Crippen molar-refractivity contribution in [3.8, 4) is 0 Å². The molecule has 0 radical (unpaired) electrons. The van der Waals surface area contributed by atoms with Crippen LogP contribution in [-0.4, -0.2) is 30.1 Å². The average molecular weight is 238 g/mol. The normalized spacial score (nSPS) is 35.6. The molecule has 0 saturated heterocycles. The second kappa shape index (κ2) is 5.71. The van der Waals surface area contributed by atoms with Gasteiger partial charge in [0.25, 0.3) is 0 Å². The number of hydrogen-bond acceptors (Lipinski definition) is 2. The van der Waals surface area contributed by atoms with Crippen LogP contribution in [0.15, 0.2) is 0 Å². The van der Waals surface area contributed by atoms with Crippen molar-refractivity contribution in [2.45, 2.75) is 76.3 Å². The summed E-state index contributed by atoms with van der Waals surface area (Å²) in [6, 6.07) is 0.811. The van der Waals surface area contributed by atoms with Gasteiger partial charge in [0, 0.05) is 18.1 Å². The van der Waals surface area contributed by atoms with E-state index in [0.29, 0.717) is 5.54 Å². The summed E-state index contributed by atoms with van der Waals surface area (Å²) >= 11 is 0. The molecular weight excluding hydrogens is 208 g/mol. The largest absolute Gasteiger partial charge is 0.329 e. The van der Waals surface area contributed by atoms with Gasteiger partial charge in [-0.1, -0.05) is 39.0 Å². The molecule has 2 saturated carbocycles. The van der Waals surface area contributed by atoms with Gasteiger partial charge in [-0.15, -0.1) is 0 Å². The summed E-state index contributed by atoms with van der Waals surface area (Å²) in [7, 11) is 2.36. The Morgan fingerprint density at radius 2 is 1.76 bits per heavy atom. The highest BCUT2D eigenvalue weighted by Gasteiger charge is 2.44. The maximum absolute atomic E-state index is 6.23. The van der Waals surface area contributed by atoms with Crippen molar-refractivity contribution in [3.63, 3.8) is 0 Å². The highest BCUT2D eigenvalue weighted by Crippen LogP contribution is 2.42. The molecule has 2 nitrogen and oxygen atoms in total. The van der Waals surface area contributed by atoms with Crippen LogP contribution in [-0.2, 0) is 0 Å². The SMILES string of the molecule is CCC1CCCCC1(CN)N(C)C1CCCC1. The summed E-state index contributed by atoms with van der Waals surface area (Å²) in [6.45, 7) is 3.21. The molecule has 2 fully saturated rings. The lowest BCUT2D eigenvalue weighted by Crippen LogP contribution is -2.60. The van der Waals surface area contributed by atoms with Crippen molar-refractivity contribution in [2.75, 3.05) is 13.6 Å². The predicted molar refractivity (Wildman–Crippen MR) is 74.1 cm³/mol. The smallest absolute Gasteiger partial charge is 0.0359 e. The minimum absolute atomic E-state index is 0.321. The minimum Gasteiger partial charge on any atom is -0.329 e. The lowest BCUT2D eigenvalue weighted by molar-refractivity contribution is -0.00461. The van der Waals surface area contributed by atoms with Crippen molar-refractivity contribution in [1.82, 2.24) is 4.90 Å². The van der Waals surface area contributed by atoms with Gasteiger partial charge in [0.2, 0.25) is 0 Å². The van der Waals surface area contributed by atoms with E-state index in [2.05, 4.69) is 18.9 Å². The molecule has 100 valence electrons. The van der Waals surface area contributed by atoms with Crippen molar-refractivity contribution in [1.29, 1.82) is 0 Å². The van der Waals surface area contributed by atoms with E-state index < -0.39 is 0 Å². The molecule has 0 bridgehead atoms. The van der Waals surface area contributed by atoms with Crippen molar-refractivity contribution in [3.05, 3.63) is 0 Å². The van der Waals surface area contributed by atoms with Crippen LogP contribution >= 0.6 is 0 Å². The Balaban J connectivity index is 2.14. The zero-order chi connectivity index (χ0) is 12.3. The Morgan fingerprint density at radius 1 is 1.12 bits per heavy atom. The molecule has 2 heteroatoms. The monoisotopic (exact) mass is 238 g/mol. The maximum atomic E-state index is 6.23. The lowest BCUT2D eigenvalue weighted by atomic mass is 9.70. The molecule has 0 aliphatic heterocycles. The summed E-state index contributed by atoms with van der Waals surface area (Å²) in [5, 5.41) is 0. The fraction of sp³-hybridized carbons (Fsp3) is 1.00. The Kier molecular flexibility index (Phi) is 4.48. The molecule has 2 aliphatic carbocycles. The first-order valence-electron chi connectivity index (χ1n) is 7.67. The minimum atomic E-state index is 0.321. The highest BCUT2D eigenvalue weighted by molar-refractivity contribution is 5.01. The third-order valence-corrected chi connectivity index (χ3v) is 5.59. The number of nitrogens with two attached hydrogens (primary N) is 1. The Bertz CT molecular complexity index is 235. The second-order valence-electron chi connectivity index (χ2n) is 6.21. The fourth-order valence-electron chi connectivity index (χ4n) is 4.41. The molecule has 0 aromatic carbocycles. The topological polar surface area (TPSA) is 29.3 Å². The molecule has 17 heavy (non-hydrogen) atoms. The van der Waals surface area contributed by atoms with Crippen LogP contribution in [0.1, 0.15) is 64.7 Å². The van der Waals surface area contributed by atoms with E-state index in [0.717, 1.165) is 18.5 Å². The molecule has 0 amide bonds. The van der Waals surface area contributed by atoms with Crippen LogP contribution in [0.25, 0.3) is 0 Å². The van der Waals surface area contributed by atoms with E-state index in [1.165, 1.54) is 57.8 Å². The Morgan fingerprint density at radius 3 is 2.35 bits per heavy atom. The molecule has 0 heterocycles. The standard InChI is InChI=1S/C15H30N2/c1-3-13-8-6-7-11-15(13,12-16)17(2)14-9-4-5-10-14/h13-14H,3-12,16H2,1-2H3. The third kappa shape index (κ3) is 2.39. The second-order valence-corrected chi connectivity index (χ2v) is 6.21. The van der Waals surface area contributed by atoms with Gasteiger partial charge in [0.05, 0.1) is 0 Å². The number of hydrogen-bond donors (Lipinski definition) is 1. The van der Waals surface area contributed by atoms with E-state index in [4.69, 9.17) is 5.73 Å². The first kappa shape index (κ1) is 13.4. The predicted octanol–water partition coefficient (Wildman–Crippen LogP) is 3.16. The Labute approximate surface area is 107 Å². The summed E-state index contributed by atoms with van der Waals surface area (Å²) in [4.78, 5) is 2.70. The van der Waals surface area contributed by atoms with Crippen molar-refractivity contribution < 1.29 is 0 Å². The fourth-order valence-corrected chi connectivity index (χ4v) is 4.41. The third-order valence-electron chi connectivity index (χ3n) is 5.59. The van der Waals surface area contributed by atoms with Crippen LogP contribution in [0.2, 0.25) is 0 Å². The van der Waals surface area contributed by atoms with Crippen LogP contribution in [0, 0.1) is 5.92 Å². The van der Waals surface area contributed by atoms with Gasteiger partial charge in [0.15, 0.2) is 0 Å². The summed E-state index contributed by atoms with van der Waals surface area (Å²) in [5.74, 6) is 0.826. The van der Waals surface area contributed by atoms with Crippen molar-refractivity contribution in [2.24, 2.45) is 11.7 Å². The molecule has 2 aliphatic rings. The van der Waals surface area contributed by atoms with Gasteiger partial charge in [-0.05, 0) is 38.6 Å². The van der Waals surface area contributed by atoms with E-state index in [-0.39, 0.29) is 0 Å². The molecule has 0 aromatic rings. The van der Waals surface area contributed by atoms with E-state index in [1.54, 1.807) is 0 Å². The average Bonchev–Trinajstić information content (AvgIpc) is 2.91. The first-order chi connectivity index (χ1) is 8.24. The summed E-state index contributed by atoms with van der Waals surface area (Å²) in [6.07, 6.45) is 12.5. The first-order valence-corrected chi connectivity index (χ1v) is 7.67. The lowest BCUT2D eigenvalue weighted by Gasteiger charge is -2.52. The van der Waals surface area contributed by atoms with Gasteiger partial charge in [-0.3, -0.25) is 4.90 Å². The molecule has 0 aromatic heterocycles. The van der Waals surface area contributed by atoms with E-state index >= 15 is 0 Å². The molecule has 2 N–H and O–H groups in total. The van der Waals surface area contributed by atoms with Gasteiger partial charge in [0.1, 0.15) is 0 Å². The zero-order valence-electron chi connectivity index (χ0n) is 11.8. The zero-order valence-corrected chi connectivity index (χ0v) is 11.8. The molecule has 2 rings (SSSR count). The maximum Gasteiger partial charge on any atom is 0.0359 e. The molecule has 2 atom stereocenters. The highest BCUT2D eigenvalue weighted by atomic mass is 15.2. The number of nitrogens with zero attached hydrogens (tertiary/aromatic N) is 1. The van der Waals surface area contributed by atoms with Gasteiger partial charge < -0.3 is 5.73 Å². The van der Waals surface area contributed by atoms with Gasteiger partial charge in [-0.2, -0.15) is 0 Å². The number of rotatable bonds is 4. The van der Waals surface area contributed by atoms with E-state index in [1.807, 2.05) is 0 Å². The van der Waals surface area contributed by atoms with Crippen LogP contribution in [0.3, 0.4) is 0 Å². The van der Waals surface area contributed by atoms with Gasteiger partial charge in [-0.25, -0.2) is 0 Å². The van der Waals surface area contributed by atoms with Crippen molar-refractivity contribution >= 4 is 0 Å². The Hall–Kier alpha value is -0.0800. The molecule has 0 spiro atoms. The van der Waals surface area contributed by atoms with Crippen LogP contribution in [0.4, 0.5) is 0 Å². The quantitative estimate of drug-likeness (QED) is 0.815. The molecule has 2 unspecified atom stereocenters. The van der Waals surface area contributed by atoms with Crippen LogP contribution in [0.5, 0.6) is 0 Å². The molecular formula is C15H30N2. The van der Waals surface area contributed by atoms with E-state index in [9.17, 15) is 0 Å². The van der Waals surface area contributed by atoms with Gasteiger partial charge >= 0.3 is 0 Å².